The highest BCUT2D eigenvalue weighted by atomic mass is 19.4. The van der Waals surface area contributed by atoms with Crippen LogP contribution in [0, 0.1) is 5.82 Å². The highest BCUT2D eigenvalue weighted by molar-refractivity contribution is 5.52. The fourth-order valence-electron chi connectivity index (χ4n) is 2.75. The molecule has 0 saturated carbocycles. The van der Waals surface area contributed by atoms with Crippen LogP contribution in [0.5, 0.6) is 0 Å². The topological polar surface area (TPSA) is 62.5 Å². The third-order valence-corrected chi connectivity index (χ3v) is 4.05. The van der Waals surface area contributed by atoms with Gasteiger partial charge in [0.15, 0.2) is 5.65 Å². The van der Waals surface area contributed by atoms with E-state index in [9.17, 15) is 22.7 Å². The molecule has 1 aromatic carbocycles. The van der Waals surface area contributed by atoms with Crippen molar-refractivity contribution >= 4 is 11.5 Å². The molecule has 1 atom stereocenters. The smallest absolute Gasteiger partial charge is 0.392 e. The molecule has 2 heterocycles. The number of benzene rings is 1. The van der Waals surface area contributed by atoms with Gasteiger partial charge in [-0.1, -0.05) is 13.0 Å². The Kier molecular flexibility index (Phi) is 4.82. The van der Waals surface area contributed by atoms with E-state index in [0.717, 1.165) is 12.1 Å². The Morgan fingerprint density at radius 3 is 2.62 bits per heavy atom. The number of halogens is 4. The lowest BCUT2D eigenvalue weighted by atomic mass is 10.0. The van der Waals surface area contributed by atoms with E-state index < -0.39 is 23.6 Å². The standard InChI is InChI=1S/C17H16F4N4O/c1-2-14(11-3-4-12(13(18)7-11)17(19,20)21)24-16-6-10(8-26)5-15-22-9-23-25(15)16/h3-7,9,14,24,26H,2,8H2,1H3. The lowest BCUT2D eigenvalue weighted by molar-refractivity contribution is -0.140. The van der Waals surface area contributed by atoms with Crippen molar-refractivity contribution in [2.75, 3.05) is 5.32 Å². The van der Waals surface area contributed by atoms with Gasteiger partial charge >= 0.3 is 6.18 Å². The van der Waals surface area contributed by atoms with Crippen LogP contribution in [-0.2, 0) is 12.8 Å². The van der Waals surface area contributed by atoms with Crippen molar-refractivity contribution < 1.29 is 22.7 Å². The first-order valence-corrected chi connectivity index (χ1v) is 7.90. The van der Waals surface area contributed by atoms with Gasteiger partial charge in [-0.3, -0.25) is 0 Å². The minimum atomic E-state index is -4.74. The first-order chi connectivity index (χ1) is 12.3. The molecule has 3 aromatic rings. The summed E-state index contributed by atoms with van der Waals surface area (Å²) in [5.41, 5.74) is 0.187. The molecule has 9 heteroatoms. The number of aliphatic hydroxyl groups is 1. The molecule has 0 amide bonds. The summed E-state index contributed by atoms with van der Waals surface area (Å²) in [4.78, 5) is 4.06. The normalized spacial score (nSPS) is 13.2. The fourth-order valence-corrected chi connectivity index (χ4v) is 2.75. The second kappa shape index (κ2) is 6.91. The summed E-state index contributed by atoms with van der Waals surface area (Å²) in [6.45, 7) is 1.62. The van der Waals surface area contributed by atoms with E-state index in [1.54, 1.807) is 12.1 Å². The number of rotatable bonds is 5. The van der Waals surface area contributed by atoms with Gasteiger partial charge in [0.25, 0.3) is 0 Å². The maximum absolute atomic E-state index is 13.9. The maximum Gasteiger partial charge on any atom is 0.419 e. The van der Waals surface area contributed by atoms with Crippen LogP contribution in [0.3, 0.4) is 0 Å². The summed E-state index contributed by atoms with van der Waals surface area (Å²) >= 11 is 0. The molecule has 26 heavy (non-hydrogen) atoms. The summed E-state index contributed by atoms with van der Waals surface area (Å²) in [7, 11) is 0. The molecule has 1 unspecified atom stereocenters. The summed E-state index contributed by atoms with van der Waals surface area (Å²) < 4.78 is 53.6. The van der Waals surface area contributed by atoms with Gasteiger partial charge in [-0.2, -0.15) is 22.8 Å². The number of pyridine rings is 1. The van der Waals surface area contributed by atoms with E-state index in [1.165, 1.54) is 16.9 Å². The van der Waals surface area contributed by atoms with Crippen molar-refractivity contribution in [1.82, 2.24) is 14.6 Å². The van der Waals surface area contributed by atoms with E-state index in [2.05, 4.69) is 15.4 Å². The van der Waals surface area contributed by atoms with Gasteiger partial charge in [-0.05, 0) is 41.8 Å². The molecule has 0 fully saturated rings. The molecule has 5 nitrogen and oxygen atoms in total. The predicted octanol–water partition coefficient (Wildman–Crippen LogP) is 3.94. The van der Waals surface area contributed by atoms with Crippen molar-refractivity contribution in [2.45, 2.75) is 32.2 Å². The highest BCUT2D eigenvalue weighted by Gasteiger charge is 2.34. The van der Waals surface area contributed by atoms with Gasteiger partial charge in [-0.25, -0.2) is 9.37 Å². The van der Waals surface area contributed by atoms with Gasteiger partial charge in [0, 0.05) is 0 Å². The number of alkyl halides is 3. The number of nitrogens with one attached hydrogen (secondary N) is 1. The van der Waals surface area contributed by atoms with Crippen molar-refractivity contribution in [3.05, 3.63) is 59.2 Å². The summed E-state index contributed by atoms with van der Waals surface area (Å²) in [5.74, 6) is -0.818. The zero-order chi connectivity index (χ0) is 18.9. The van der Waals surface area contributed by atoms with E-state index >= 15 is 0 Å². The Bertz CT molecular complexity index is 923. The molecule has 2 aromatic heterocycles. The molecule has 0 saturated heterocycles. The molecular formula is C17H16F4N4O. The molecule has 0 aliphatic heterocycles. The molecule has 0 radical (unpaired) electrons. The van der Waals surface area contributed by atoms with Crippen LogP contribution in [0.1, 0.15) is 36.1 Å². The van der Waals surface area contributed by atoms with Crippen LogP contribution in [-0.4, -0.2) is 19.7 Å². The fraction of sp³-hybridized carbons (Fsp3) is 0.294. The van der Waals surface area contributed by atoms with Gasteiger partial charge in [0.2, 0.25) is 0 Å². The Morgan fingerprint density at radius 1 is 1.23 bits per heavy atom. The molecule has 0 aliphatic carbocycles. The summed E-state index contributed by atoms with van der Waals surface area (Å²) in [5, 5.41) is 16.6. The Morgan fingerprint density at radius 2 is 2.00 bits per heavy atom. The summed E-state index contributed by atoms with van der Waals surface area (Å²) in [6, 6.07) is 5.75. The summed E-state index contributed by atoms with van der Waals surface area (Å²) in [6.07, 6.45) is -2.90. The predicted molar refractivity (Wildman–Crippen MR) is 87.0 cm³/mol. The third kappa shape index (κ3) is 3.48. The van der Waals surface area contributed by atoms with Gasteiger partial charge in [-0.15, -0.1) is 0 Å². The number of nitrogens with zero attached hydrogens (tertiary/aromatic N) is 3. The lowest BCUT2D eigenvalue weighted by Crippen LogP contribution is -2.15. The largest absolute Gasteiger partial charge is 0.419 e. The Balaban J connectivity index is 1.96. The van der Waals surface area contributed by atoms with Crippen molar-refractivity contribution in [3.63, 3.8) is 0 Å². The van der Waals surface area contributed by atoms with Crippen molar-refractivity contribution in [1.29, 1.82) is 0 Å². The molecule has 0 spiro atoms. The number of aromatic nitrogens is 3. The quantitative estimate of drug-likeness (QED) is 0.670. The second-order valence-electron chi connectivity index (χ2n) is 5.78. The van der Waals surface area contributed by atoms with Gasteiger partial charge < -0.3 is 10.4 Å². The monoisotopic (exact) mass is 368 g/mol. The SMILES string of the molecule is CCC(Nc1cc(CO)cc2ncnn12)c1ccc(C(F)(F)F)c(F)c1. The number of hydrogen-bond donors (Lipinski definition) is 2. The van der Waals surface area contributed by atoms with Crippen molar-refractivity contribution in [3.8, 4) is 0 Å². The van der Waals surface area contributed by atoms with E-state index in [-0.39, 0.29) is 6.61 Å². The first-order valence-electron chi connectivity index (χ1n) is 7.90. The molecule has 2 N–H and O–H groups in total. The zero-order valence-corrected chi connectivity index (χ0v) is 13.8. The minimum absolute atomic E-state index is 0.205. The van der Waals surface area contributed by atoms with Crippen LogP contribution in [0.25, 0.3) is 5.65 Å². The van der Waals surface area contributed by atoms with E-state index in [4.69, 9.17) is 0 Å². The third-order valence-electron chi connectivity index (χ3n) is 4.05. The van der Waals surface area contributed by atoms with E-state index in [1.807, 2.05) is 6.92 Å². The molecular weight excluding hydrogens is 352 g/mol. The first kappa shape index (κ1) is 18.1. The molecule has 3 rings (SSSR count). The molecule has 0 aliphatic rings. The molecule has 138 valence electrons. The highest BCUT2D eigenvalue weighted by Crippen LogP contribution is 2.33. The van der Waals surface area contributed by atoms with Crippen LogP contribution in [0.2, 0.25) is 0 Å². The number of aliphatic hydroxyl groups excluding tert-OH is 1. The number of anilines is 1. The lowest BCUT2D eigenvalue weighted by Gasteiger charge is -2.20. The van der Waals surface area contributed by atoms with Crippen LogP contribution < -0.4 is 5.32 Å². The number of fused-ring (bicyclic) bond motifs is 1. The second-order valence-corrected chi connectivity index (χ2v) is 5.78. The average Bonchev–Trinajstić information content (AvgIpc) is 3.06. The van der Waals surface area contributed by atoms with E-state index in [0.29, 0.717) is 29.0 Å². The minimum Gasteiger partial charge on any atom is -0.392 e. The average molecular weight is 368 g/mol. The van der Waals surface area contributed by atoms with Crippen LogP contribution in [0.4, 0.5) is 23.4 Å². The zero-order valence-electron chi connectivity index (χ0n) is 13.8. The van der Waals surface area contributed by atoms with Gasteiger partial charge in [0.1, 0.15) is 18.0 Å². The Hall–Kier alpha value is -2.68. The molecule has 0 bridgehead atoms. The maximum atomic E-state index is 13.9. The van der Waals surface area contributed by atoms with Crippen molar-refractivity contribution in [2.24, 2.45) is 0 Å². The number of hydrogen-bond acceptors (Lipinski definition) is 4. The van der Waals surface area contributed by atoms with Gasteiger partial charge in [0.05, 0.1) is 18.2 Å². The van der Waals surface area contributed by atoms with Crippen LogP contribution in [0.15, 0.2) is 36.7 Å². The van der Waals surface area contributed by atoms with Crippen LogP contribution >= 0.6 is 0 Å². The Labute approximate surface area is 146 Å².